The van der Waals surface area contributed by atoms with Crippen molar-refractivity contribution in [1.29, 1.82) is 0 Å². The molecular formula is C18H19ClN2O. The average molecular weight is 315 g/mol. The summed E-state index contributed by atoms with van der Waals surface area (Å²) in [4.78, 5) is 12.1. The Bertz CT molecular complexity index is 666. The van der Waals surface area contributed by atoms with Crippen LogP contribution in [0, 0.1) is 5.92 Å². The van der Waals surface area contributed by atoms with Gasteiger partial charge in [-0.1, -0.05) is 61.8 Å². The molecule has 0 aliphatic carbocycles. The maximum absolute atomic E-state index is 12.1. The lowest BCUT2D eigenvalue weighted by Crippen LogP contribution is -2.20. The van der Waals surface area contributed by atoms with Crippen molar-refractivity contribution in [3.8, 4) is 0 Å². The van der Waals surface area contributed by atoms with Gasteiger partial charge in [0.1, 0.15) is 0 Å². The van der Waals surface area contributed by atoms with E-state index in [1.54, 1.807) is 24.3 Å². The van der Waals surface area contributed by atoms with Gasteiger partial charge in [-0.05, 0) is 36.1 Å². The van der Waals surface area contributed by atoms with Crippen molar-refractivity contribution in [3.05, 3.63) is 70.7 Å². The van der Waals surface area contributed by atoms with Crippen molar-refractivity contribution in [2.75, 3.05) is 0 Å². The number of carbonyl (C=O) groups excluding carboxylic acids is 1. The fourth-order valence-corrected chi connectivity index (χ4v) is 2.25. The largest absolute Gasteiger partial charge is 0.271 e. The van der Waals surface area contributed by atoms with Gasteiger partial charge in [0.15, 0.2) is 0 Å². The van der Waals surface area contributed by atoms with E-state index >= 15 is 0 Å². The summed E-state index contributed by atoms with van der Waals surface area (Å²) in [5.41, 5.74) is 5.00. The molecule has 1 N–H and O–H groups in total. The molecule has 114 valence electrons. The van der Waals surface area contributed by atoms with Crippen molar-refractivity contribution in [1.82, 2.24) is 5.43 Å². The fraction of sp³-hybridized carbons (Fsp3) is 0.222. The summed E-state index contributed by atoms with van der Waals surface area (Å²) in [6, 6.07) is 16.7. The standard InChI is InChI=1S/C18H19ClN2O/c1-13(2)11-17(14-7-4-3-5-8-14)20-21-18(22)15-9-6-10-16(19)12-15/h3-10,12-13H,11H2,1-2H3,(H,21,22)/b20-17-. The minimum atomic E-state index is -0.264. The first-order chi connectivity index (χ1) is 10.6. The Labute approximate surface area is 136 Å². The van der Waals surface area contributed by atoms with Crippen LogP contribution < -0.4 is 5.43 Å². The number of hydrogen-bond donors (Lipinski definition) is 1. The zero-order chi connectivity index (χ0) is 15.9. The number of benzene rings is 2. The lowest BCUT2D eigenvalue weighted by Gasteiger charge is -2.10. The Morgan fingerprint density at radius 3 is 2.41 bits per heavy atom. The number of halogens is 1. The number of rotatable bonds is 5. The van der Waals surface area contributed by atoms with E-state index in [4.69, 9.17) is 11.6 Å². The molecule has 0 fully saturated rings. The van der Waals surface area contributed by atoms with Crippen LogP contribution in [-0.4, -0.2) is 11.6 Å². The SMILES string of the molecule is CC(C)C/C(=N/NC(=O)c1cccc(Cl)c1)c1ccccc1. The van der Waals surface area contributed by atoms with Crippen molar-refractivity contribution >= 4 is 23.2 Å². The minimum Gasteiger partial charge on any atom is -0.267 e. The zero-order valence-electron chi connectivity index (χ0n) is 12.7. The highest BCUT2D eigenvalue weighted by atomic mass is 35.5. The van der Waals surface area contributed by atoms with E-state index in [9.17, 15) is 4.79 Å². The number of hydrazone groups is 1. The van der Waals surface area contributed by atoms with Crippen molar-refractivity contribution in [2.24, 2.45) is 11.0 Å². The van der Waals surface area contributed by atoms with Crippen molar-refractivity contribution in [3.63, 3.8) is 0 Å². The van der Waals surface area contributed by atoms with Crippen LogP contribution in [0.5, 0.6) is 0 Å². The molecule has 2 aromatic rings. The van der Waals surface area contributed by atoms with Gasteiger partial charge in [-0.3, -0.25) is 4.79 Å². The van der Waals surface area contributed by atoms with E-state index < -0.39 is 0 Å². The van der Waals surface area contributed by atoms with Gasteiger partial charge >= 0.3 is 0 Å². The second-order valence-corrected chi connectivity index (χ2v) is 5.91. The Morgan fingerprint density at radius 1 is 1.09 bits per heavy atom. The molecule has 3 nitrogen and oxygen atoms in total. The Kier molecular flexibility index (Phi) is 5.73. The van der Waals surface area contributed by atoms with Gasteiger partial charge in [-0.25, -0.2) is 5.43 Å². The summed E-state index contributed by atoms with van der Waals surface area (Å²) >= 11 is 5.90. The predicted molar refractivity (Wildman–Crippen MR) is 91.4 cm³/mol. The van der Waals surface area contributed by atoms with Crippen LogP contribution in [0.3, 0.4) is 0 Å². The summed E-state index contributed by atoms with van der Waals surface area (Å²) in [6.45, 7) is 4.24. The molecule has 0 aliphatic rings. The van der Waals surface area contributed by atoms with Crippen LogP contribution in [0.15, 0.2) is 59.7 Å². The number of hydrogen-bond acceptors (Lipinski definition) is 2. The van der Waals surface area contributed by atoms with E-state index in [1.807, 2.05) is 30.3 Å². The maximum Gasteiger partial charge on any atom is 0.271 e. The Morgan fingerprint density at radius 2 is 1.77 bits per heavy atom. The zero-order valence-corrected chi connectivity index (χ0v) is 13.5. The van der Waals surface area contributed by atoms with E-state index in [2.05, 4.69) is 24.4 Å². The molecule has 0 saturated carbocycles. The molecule has 0 bridgehead atoms. The highest BCUT2D eigenvalue weighted by Gasteiger charge is 2.09. The number of carbonyl (C=O) groups is 1. The van der Waals surface area contributed by atoms with Crippen molar-refractivity contribution < 1.29 is 4.79 Å². The highest BCUT2D eigenvalue weighted by molar-refractivity contribution is 6.30. The highest BCUT2D eigenvalue weighted by Crippen LogP contribution is 2.12. The Balaban J connectivity index is 2.18. The summed E-state index contributed by atoms with van der Waals surface area (Å²) in [5, 5.41) is 4.84. The summed E-state index contributed by atoms with van der Waals surface area (Å²) in [7, 11) is 0. The first-order valence-electron chi connectivity index (χ1n) is 7.24. The molecule has 0 unspecified atom stereocenters. The third-order valence-corrected chi connectivity index (χ3v) is 3.32. The molecule has 0 atom stereocenters. The third-order valence-electron chi connectivity index (χ3n) is 3.09. The van der Waals surface area contributed by atoms with Gasteiger partial charge in [-0.15, -0.1) is 0 Å². The molecular weight excluding hydrogens is 296 g/mol. The average Bonchev–Trinajstić information content (AvgIpc) is 2.51. The van der Waals surface area contributed by atoms with Gasteiger partial charge in [0.05, 0.1) is 5.71 Å². The van der Waals surface area contributed by atoms with Crippen LogP contribution in [0.2, 0.25) is 5.02 Å². The monoisotopic (exact) mass is 314 g/mol. The molecule has 4 heteroatoms. The van der Waals surface area contributed by atoms with Crippen LogP contribution in [0.4, 0.5) is 0 Å². The number of nitrogens with one attached hydrogen (secondary N) is 1. The van der Waals surface area contributed by atoms with E-state index in [-0.39, 0.29) is 5.91 Å². The van der Waals surface area contributed by atoms with Gasteiger partial charge in [0.25, 0.3) is 5.91 Å². The molecule has 0 aliphatic heterocycles. The molecule has 0 aromatic heterocycles. The molecule has 0 spiro atoms. The molecule has 1 amide bonds. The van der Waals surface area contributed by atoms with Gasteiger partial charge in [0, 0.05) is 10.6 Å². The summed E-state index contributed by atoms with van der Waals surface area (Å²) in [6.07, 6.45) is 0.792. The van der Waals surface area contributed by atoms with Crippen LogP contribution in [-0.2, 0) is 0 Å². The summed E-state index contributed by atoms with van der Waals surface area (Å²) in [5.74, 6) is 0.182. The molecule has 2 rings (SSSR count). The normalized spacial score (nSPS) is 11.5. The predicted octanol–water partition coefficient (Wildman–Crippen LogP) is 4.52. The van der Waals surface area contributed by atoms with Crippen LogP contribution in [0.25, 0.3) is 0 Å². The molecule has 0 radical (unpaired) electrons. The lowest BCUT2D eigenvalue weighted by atomic mass is 10.0. The van der Waals surface area contributed by atoms with Crippen LogP contribution >= 0.6 is 11.6 Å². The molecule has 0 heterocycles. The fourth-order valence-electron chi connectivity index (χ4n) is 2.06. The van der Waals surface area contributed by atoms with E-state index in [0.717, 1.165) is 17.7 Å². The second-order valence-electron chi connectivity index (χ2n) is 5.47. The lowest BCUT2D eigenvalue weighted by molar-refractivity contribution is 0.0954. The molecule has 22 heavy (non-hydrogen) atoms. The number of nitrogens with zero attached hydrogens (tertiary/aromatic N) is 1. The first-order valence-corrected chi connectivity index (χ1v) is 7.62. The molecule has 0 saturated heterocycles. The summed E-state index contributed by atoms with van der Waals surface area (Å²) < 4.78 is 0. The smallest absolute Gasteiger partial charge is 0.267 e. The maximum atomic E-state index is 12.1. The van der Waals surface area contributed by atoms with E-state index in [0.29, 0.717) is 16.5 Å². The Hall–Kier alpha value is -2.13. The van der Waals surface area contributed by atoms with Gasteiger partial charge < -0.3 is 0 Å². The quantitative estimate of drug-likeness (QED) is 0.640. The second kappa shape index (κ2) is 7.76. The first kappa shape index (κ1) is 16.2. The van der Waals surface area contributed by atoms with Gasteiger partial charge in [-0.2, -0.15) is 5.10 Å². The number of amides is 1. The van der Waals surface area contributed by atoms with Crippen molar-refractivity contribution in [2.45, 2.75) is 20.3 Å². The van der Waals surface area contributed by atoms with Gasteiger partial charge in [0.2, 0.25) is 0 Å². The topological polar surface area (TPSA) is 41.5 Å². The third kappa shape index (κ3) is 4.71. The molecule has 2 aromatic carbocycles. The minimum absolute atomic E-state index is 0.264. The van der Waals surface area contributed by atoms with Crippen LogP contribution in [0.1, 0.15) is 36.2 Å². The van der Waals surface area contributed by atoms with E-state index in [1.165, 1.54) is 0 Å².